The molecule has 1 aliphatic rings. The minimum absolute atomic E-state index is 0.298. The summed E-state index contributed by atoms with van der Waals surface area (Å²) < 4.78 is 13.2. The molecule has 0 amide bonds. The Morgan fingerprint density at radius 3 is 2.71 bits per heavy atom. The van der Waals surface area contributed by atoms with E-state index in [1.807, 2.05) is 0 Å². The molecule has 1 aromatic heterocycles. The molecule has 0 atom stereocenters. The normalized spacial score (nSPS) is 14.4. The van der Waals surface area contributed by atoms with Crippen LogP contribution in [0.4, 0.5) is 10.2 Å². The summed E-state index contributed by atoms with van der Waals surface area (Å²) in [5.74, 6) is 6.34. The zero-order chi connectivity index (χ0) is 14.8. The van der Waals surface area contributed by atoms with Crippen LogP contribution in [0.15, 0.2) is 18.2 Å². The highest BCUT2D eigenvalue weighted by molar-refractivity contribution is 6.33. The summed E-state index contributed by atoms with van der Waals surface area (Å²) >= 11 is 6.10. The summed E-state index contributed by atoms with van der Waals surface area (Å²) in [6, 6.07) is 4.21. The van der Waals surface area contributed by atoms with Gasteiger partial charge in [0.1, 0.15) is 11.6 Å². The number of aryl methyl sites for hydroxylation is 1. The lowest BCUT2D eigenvalue weighted by Gasteiger charge is -2.13. The molecule has 21 heavy (non-hydrogen) atoms. The Labute approximate surface area is 127 Å². The van der Waals surface area contributed by atoms with Crippen molar-refractivity contribution >= 4 is 17.4 Å². The van der Waals surface area contributed by atoms with Gasteiger partial charge in [0, 0.05) is 16.8 Å². The largest absolute Gasteiger partial charge is 0.308 e. The number of rotatable bonds is 2. The van der Waals surface area contributed by atoms with Gasteiger partial charge in [-0.3, -0.25) is 0 Å². The summed E-state index contributed by atoms with van der Waals surface area (Å²) in [6.45, 7) is 0. The number of fused-ring (bicyclic) bond motifs is 1. The Bertz CT molecular complexity index is 675. The lowest BCUT2D eigenvalue weighted by atomic mass is 10.1. The number of halogens is 2. The van der Waals surface area contributed by atoms with E-state index in [2.05, 4.69) is 15.4 Å². The number of nitrogens with zero attached hydrogens (tertiary/aromatic N) is 2. The van der Waals surface area contributed by atoms with Crippen LogP contribution in [0.3, 0.4) is 0 Å². The molecule has 6 heteroatoms. The van der Waals surface area contributed by atoms with Crippen LogP contribution >= 0.6 is 11.6 Å². The maximum Gasteiger partial charge on any atom is 0.163 e. The Morgan fingerprint density at radius 1 is 1.14 bits per heavy atom. The first kappa shape index (κ1) is 14.2. The molecule has 3 N–H and O–H groups in total. The summed E-state index contributed by atoms with van der Waals surface area (Å²) in [5, 5.41) is 0.298. The number of hydrogen-bond acceptors (Lipinski definition) is 4. The molecule has 3 rings (SSSR count). The number of hydrazine groups is 1. The second kappa shape index (κ2) is 5.95. The van der Waals surface area contributed by atoms with Crippen LogP contribution < -0.4 is 11.3 Å². The molecule has 0 spiro atoms. The monoisotopic (exact) mass is 306 g/mol. The van der Waals surface area contributed by atoms with Crippen molar-refractivity contribution in [1.29, 1.82) is 0 Å². The van der Waals surface area contributed by atoms with Crippen molar-refractivity contribution in [3.63, 3.8) is 0 Å². The van der Waals surface area contributed by atoms with Gasteiger partial charge in [0.25, 0.3) is 0 Å². The maximum absolute atomic E-state index is 13.2. The highest BCUT2D eigenvalue weighted by atomic mass is 35.5. The van der Waals surface area contributed by atoms with Crippen molar-refractivity contribution in [3.8, 4) is 11.4 Å². The predicted octanol–water partition coefficient (Wildman–Crippen LogP) is 3.49. The Kier molecular flexibility index (Phi) is 4.03. The standard InChI is InChI=1S/C15H16ClFN4/c16-12-8-9(17)6-7-10(12)14-19-13-5-3-1-2-4-11(13)15(20-14)21-18/h6-8H,1-5,18H2,(H,19,20,21). The third kappa shape index (κ3) is 2.84. The topological polar surface area (TPSA) is 63.8 Å². The first-order valence-electron chi connectivity index (χ1n) is 7.01. The average Bonchev–Trinajstić information content (AvgIpc) is 2.71. The Morgan fingerprint density at radius 2 is 1.95 bits per heavy atom. The molecule has 0 fully saturated rings. The van der Waals surface area contributed by atoms with E-state index in [1.54, 1.807) is 6.07 Å². The van der Waals surface area contributed by atoms with Crippen LogP contribution in [0.2, 0.25) is 5.02 Å². The van der Waals surface area contributed by atoms with Crippen molar-refractivity contribution in [2.75, 3.05) is 5.43 Å². The minimum atomic E-state index is -0.379. The number of nitrogen functional groups attached to an aromatic ring is 1. The molecule has 0 bridgehead atoms. The quantitative estimate of drug-likeness (QED) is 0.506. The second-order valence-corrected chi connectivity index (χ2v) is 5.56. The number of nitrogens with two attached hydrogens (primary N) is 1. The molecule has 0 aliphatic heterocycles. The van der Waals surface area contributed by atoms with Gasteiger partial charge < -0.3 is 5.43 Å². The number of anilines is 1. The highest BCUT2D eigenvalue weighted by Gasteiger charge is 2.18. The van der Waals surface area contributed by atoms with E-state index in [0.29, 0.717) is 22.2 Å². The molecule has 1 aromatic carbocycles. The smallest absolute Gasteiger partial charge is 0.163 e. The van der Waals surface area contributed by atoms with Crippen LogP contribution in [0.25, 0.3) is 11.4 Å². The summed E-state index contributed by atoms with van der Waals surface area (Å²) in [6.07, 6.45) is 5.21. The van der Waals surface area contributed by atoms with Crippen molar-refractivity contribution in [2.24, 2.45) is 5.84 Å². The van der Waals surface area contributed by atoms with Gasteiger partial charge in [-0.25, -0.2) is 20.2 Å². The molecule has 4 nitrogen and oxygen atoms in total. The van der Waals surface area contributed by atoms with Gasteiger partial charge in [-0.05, 0) is 43.9 Å². The molecular weight excluding hydrogens is 291 g/mol. The van der Waals surface area contributed by atoms with Crippen LogP contribution in [-0.2, 0) is 12.8 Å². The maximum atomic E-state index is 13.2. The van der Waals surface area contributed by atoms with Crippen molar-refractivity contribution in [1.82, 2.24) is 9.97 Å². The molecule has 110 valence electrons. The zero-order valence-corrected chi connectivity index (χ0v) is 12.3. The molecular formula is C15H16ClFN4. The van der Waals surface area contributed by atoms with Gasteiger partial charge in [0.15, 0.2) is 5.82 Å². The lowest BCUT2D eigenvalue weighted by Crippen LogP contribution is -2.14. The van der Waals surface area contributed by atoms with Crippen molar-refractivity contribution in [3.05, 3.63) is 40.3 Å². The van der Waals surface area contributed by atoms with E-state index in [-0.39, 0.29) is 5.82 Å². The van der Waals surface area contributed by atoms with Crippen LogP contribution in [0.1, 0.15) is 30.5 Å². The van der Waals surface area contributed by atoms with Crippen molar-refractivity contribution < 1.29 is 4.39 Å². The molecule has 1 heterocycles. The van der Waals surface area contributed by atoms with Crippen LogP contribution in [0, 0.1) is 5.82 Å². The molecule has 0 saturated heterocycles. The van der Waals surface area contributed by atoms with Gasteiger partial charge in [-0.1, -0.05) is 18.0 Å². The van der Waals surface area contributed by atoms with Gasteiger partial charge in [0.2, 0.25) is 0 Å². The summed E-state index contributed by atoms with van der Waals surface area (Å²) in [5.41, 5.74) is 5.35. The summed E-state index contributed by atoms with van der Waals surface area (Å²) in [4.78, 5) is 9.08. The SMILES string of the molecule is NNc1nc(-c2ccc(F)cc2Cl)nc2c1CCCCC2. The molecule has 0 saturated carbocycles. The molecule has 0 unspecified atom stereocenters. The zero-order valence-electron chi connectivity index (χ0n) is 11.5. The van der Waals surface area contributed by atoms with E-state index >= 15 is 0 Å². The number of benzene rings is 1. The van der Waals surface area contributed by atoms with Crippen LogP contribution in [-0.4, -0.2) is 9.97 Å². The van der Waals surface area contributed by atoms with Gasteiger partial charge in [0.05, 0.1) is 5.02 Å². The van der Waals surface area contributed by atoms with Crippen LogP contribution in [0.5, 0.6) is 0 Å². The molecule has 2 aromatic rings. The van der Waals surface area contributed by atoms with E-state index in [4.69, 9.17) is 17.4 Å². The molecule has 0 radical (unpaired) electrons. The fourth-order valence-electron chi connectivity index (χ4n) is 2.68. The average molecular weight is 307 g/mol. The minimum Gasteiger partial charge on any atom is -0.308 e. The first-order chi connectivity index (χ1) is 10.2. The number of nitrogens with one attached hydrogen (secondary N) is 1. The third-order valence-electron chi connectivity index (χ3n) is 3.74. The van der Waals surface area contributed by atoms with Gasteiger partial charge >= 0.3 is 0 Å². The first-order valence-corrected chi connectivity index (χ1v) is 7.38. The fraction of sp³-hybridized carbons (Fsp3) is 0.333. The van der Waals surface area contributed by atoms with E-state index in [9.17, 15) is 4.39 Å². The molecule has 1 aliphatic carbocycles. The lowest BCUT2D eigenvalue weighted by molar-refractivity contribution is 0.628. The highest BCUT2D eigenvalue weighted by Crippen LogP contribution is 2.30. The number of hydrogen-bond donors (Lipinski definition) is 2. The van der Waals surface area contributed by atoms with E-state index in [1.165, 1.54) is 18.6 Å². The Balaban J connectivity index is 2.13. The van der Waals surface area contributed by atoms with Crippen molar-refractivity contribution in [2.45, 2.75) is 32.1 Å². The van der Waals surface area contributed by atoms with Gasteiger partial charge in [-0.15, -0.1) is 0 Å². The Hall–Kier alpha value is -1.72. The number of aromatic nitrogens is 2. The fourth-order valence-corrected chi connectivity index (χ4v) is 2.93. The van der Waals surface area contributed by atoms with E-state index in [0.717, 1.165) is 36.9 Å². The van der Waals surface area contributed by atoms with E-state index < -0.39 is 0 Å². The third-order valence-corrected chi connectivity index (χ3v) is 4.05. The van der Waals surface area contributed by atoms with Gasteiger partial charge in [-0.2, -0.15) is 0 Å². The predicted molar refractivity (Wildman–Crippen MR) is 81.5 cm³/mol. The second-order valence-electron chi connectivity index (χ2n) is 5.15. The summed E-state index contributed by atoms with van der Waals surface area (Å²) in [7, 11) is 0.